The summed E-state index contributed by atoms with van der Waals surface area (Å²) < 4.78 is 0. The van der Waals surface area contributed by atoms with Gasteiger partial charge in [-0.2, -0.15) is 0 Å². The Hall–Kier alpha value is -0.370. The second-order valence-electron chi connectivity index (χ2n) is 4.26. The summed E-state index contributed by atoms with van der Waals surface area (Å²) in [6, 6.07) is 0. The largest absolute Gasteiger partial charge is 0.250 e. The van der Waals surface area contributed by atoms with Crippen LogP contribution in [0.25, 0.3) is 0 Å². The predicted octanol–water partition coefficient (Wildman–Crippen LogP) is 3.75. The standard InChI is InChI=1S/C11H17NS/c1-8-3-5-10(6-4-8)11-9(2)12-7-13-11/h7-8,10H,3-6H2,1-2H3. The van der Waals surface area contributed by atoms with E-state index in [1.54, 1.807) is 4.88 Å². The van der Waals surface area contributed by atoms with Gasteiger partial charge in [-0.25, -0.2) is 4.98 Å². The molecule has 0 unspecified atom stereocenters. The van der Waals surface area contributed by atoms with E-state index in [1.165, 1.54) is 31.4 Å². The molecular weight excluding hydrogens is 178 g/mol. The van der Waals surface area contributed by atoms with Crippen molar-refractivity contribution in [1.82, 2.24) is 4.98 Å². The van der Waals surface area contributed by atoms with Crippen molar-refractivity contribution in [3.8, 4) is 0 Å². The monoisotopic (exact) mass is 195 g/mol. The van der Waals surface area contributed by atoms with Gasteiger partial charge in [-0.1, -0.05) is 19.8 Å². The average molecular weight is 195 g/mol. The van der Waals surface area contributed by atoms with Crippen LogP contribution in [-0.2, 0) is 0 Å². The van der Waals surface area contributed by atoms with E-state index in [2.05, 4.69) is 18.8 Å². The van der Waals surface area contributed by atoms with Crippen molar-refractivity contribution in [1.29, 1.82) is 0 Å². The van der Waals surface area contributed by atoms with E-state index in [0.717, 1.165) is 11.8 Å². The van der Waals surface area contributed by atoms with Crippen LogP contribution in [0.2, 0.25) is 0 Å². The minimum atomic E-state index is 0.823. The highest BCUT2D eigenvalue weighted by atomic mass is 32.1. The van der Waals surface area contributed by atoms with Gasteiger partial charge in [-0.3, -0.25) is 0 Å². The van der Waals surface area contributed by atoms with Crippen LogP contribution < -0.4 is 0 Å². The van der Waals surface area contributed by atoms with Gasteiger partial charge in [0.05, 0.1) is 11.2 Å². The fraction of sp³-hybridized carbons (Fsp3) is 0.727. The molecule has 13 heavy (non-hydrogen) atoms. The molecule has 1 aromatic heterocycles. The van der Waals surface area contributed by atoms with E-state index < -0.39 is 0 Å². The number of rotatable bonds is 1. The molecule has 1 aliphatic carbocycles. The minimum absolute atomic E-state index is 0.823. The molecule has 2 heteroatoms. The topological polar surface area (TPSA) is 12.9 Å². The van der Waals surface area contributed by atoms with Crippen molar-refractivity contribution in [3.63, 3.8) is 0 Å². The van der Waals surface area contributed by atoms with Gasteiger partial charge in [0.1, 0.15) is 0 Å². The molecule has 0 atom stereocenters. The summed E-state index contributed by atoms with van der Waals surface area (Å²) in [6.45, 7) is 4.51. The number of hydrogen-bond donors (Lipinski definition) is 0. The maximum Gasteiger partial charge on any atom is 0.0797 e. The first-order chi connectivity index (χ1) is 6.27. The molecule has 0 aliphatic heterocycles. The Labute approximate surface area is 84.2 Å². The average Bonchev–Trinajstić information content (AvgIpc) is 2.53. The van der Waals surface area contributed by atoms with E-state index >= 15 is 0 Å². The Kier molecular flexibility index (Phi) is 2.68. The molecule has 1 aromatic rings. The van der Waals surface area contributed by atoms with Gasteiger partial charge in [-0.05, 0) is 31.6 Å². The number of hydrogen-bond acceptors (Lipinski definition) is 2. The molecule has 72 valence electrons. The zero-order chi connectivity index (χ0) is 9.26. The van der Waals surface area contributed by atoms with Crippen LogP contribution in [0.15, 0.2) is 5.51 Å². The molecule has 0 radical (unpaired) electrons. The summed E-state index contributed by atoms with van der Waals surface area (Å²) in [7, 11) is 0. The zero-order valence-corrected chi connectivity index (χ0v) is 9.23. The van der Waals surface area contributed by atoms with Crippen molar-refractivity contribution < 1.29 is 0 Å². The van der Waals surface area contributed by atoms with Crippen molar-refractivity contribution >= 4 is 11.3 Å². The molecule has 1 saturated carbocycles. The number of thiazole rings is 1. The summed E-state index contributed by atoms with van der Waals surface area (Å²) >= 11 is 1.85. The summed E-state index contributed by atoms with van der Waals surface area (Å²) in [6.07, 6.45) is 5.57. The maximum absolute atomic E-state index is 4.33. The van der Waals surface area contributed by atoms with Gasteiger partial charge in [0.15, 0.2) is 0 Å². The van der Waals surface area contributed by atoms with Crippen molar-refractivity contribution in [2.75, 3.05) is 0 Å². The third-order valence-corrected chi connectivity index (χ3v) is 4.26. The Balaban J connectivity index is 2.06. The lowest BCUT2D eigenvalue weighted by Crippen LogP contribution is -2.10. The summed E-state index contributed by atoms with van der Waals surface area (Å²) in [5.41, 5.74) is 3.26. The highest BCUT2D eigenvalue weighted by Crippen LogP contribution is 2.38. The van der Waals surface area contributed by atoms with Gasteiger partial charge in [0, 0.05) is 4.88 Å². The normalized spacial score (nSPS) is 29.1. The SMILES string of the molecule is Cc1ncsc1C1CCC(C)CC1. The van der Waals surface area contributed by atoms with E-state index in [0.29, 0.717) is 0 Å². The summed E-state index contributed by atoms with van der Waals surface area (Å²) in [5, 5.41) is 0. The van der Waals surface area contributed by atoms with Crippen LogP contribution in [0, 0.1) is 12.8 Å². The lowest BCUT2D eigenvalue weighted by molar-refractivity contribution is 0.350. The maximum atomic E-state index is 4.33. The van der Waals surface area contributed by atoms with Crippen LogP contribution in [0.1, 0.15) is 49.1 Å². The van der Waals surface area contributed by atoms with Gasteiger partial charge in [0.2, 0.25) is 0 Å². The third kappa shape index (κ3) is 1.93. The van der Waals surface area contributed by atoms with Crippen molar-refractivity contribution in [2.24, 2.45) is 5.92 Å². The van der Waals surface area contributed by atoms with Crippen LogP contribution in [0.4, 0.5) is 0 Å². The quantitative estimate of drug-likeness (QED) is 0.665. The molecule has 1 heterocycles. The van der Waals surface area contributed by atoms with Gasteiger partial charge in [-0.15, -0.1) is 11.3 Å². The lowest BCUT2D eigenvalue weighted by Gasteiger charge is -2.25. The first-order valence-corrected chi connectivity index (χ1v) is 6.05. The number of aromatic nitrogens is 1. The fourth-order valence-corrected chi connectivity index (χ4v) is 3.20. The van der Waals surface area contributed by atoms with E-state index in [-0.39, 0.29) is 0 Å². The van der Waals surface area contributed by atoms with Crippen molar-refractivity contribution in [3.05, 3.63) is 16.1 Å². The van der Waals surface area contributed by atoms with E-state index in [1.807, 2.05) is 16.8 Å². The molecule has 0 aromatic carbocycles. The van der Waals surface area contributed by atoms with E-state index in [4.69, 9.17) is 0 Å². The second-order valence-corrected chi connectivity index (χ2v) is 5.15. The molecule has 0 bridgehead atoms. The molecule has 0 saturated heterocycles. The number of nitrogens with zero attached hydrogens (tertiary/aromatic N) is 1. The molecule has 0 amide bonds. The minimum Gasteiger partial charge on any atom is -0.250 e. The zero-order valence-electron chi connectivity index (χ0n) is 8.42. The van der Waals surface area contributed by atoms with Crippen LogP contribution >= 0.6 is 11.3 Å². The highest BCUT2D eigenvalue weighted by Gasteiger charge is 2.22. The Morgan fingerprint density at radius 1 is 1.31 bits per heavy atom. The molecule has 0 spiro atoms. The predicted molar refractivity (Wildman–Crippen MR) is 57.2 cm³/mol. The molecule has 0 N–H and O–H groups in total. The lowest BCUT2D eigenvalue weighted by atomic mass is 9.82. The Bertz CT molecular complexity index is 271. The molecular formula is C11H17NS. The Morgan fingerprint density at radius 2 is 2.00 bits per heavy atom. The van der Waals surface area contributed by atoms with Gasteiger partial charge in [0.25, 0.3) is 0 Å². The fourth-order valence-electron chi connectivity index (χ4n) is 2.22. The van der Waals surface area contributed by atoms with Crippen LogP contribution in [-0.4, -0.2) is 4.98 Å². The van der Waals surface area contributed by atoms with Gasteiger partial charge < -0.3 is 0 Å². The highest BCUT2D eigenvalue weighted by molar-refractivity contribution is 7.09. The van der Waals surface area contributed by atoms with Crippen LogP contribution in [0.5, 0.6) is 0 Å². The molecule has 2 rings (SSSR count). The first kappa shape index (κ1) is 9.20. The molecule has 1 aliphatic rings. The molecule has 1 fully saturated rings. The summed E-state index contributed by atoms with van der Waals surface area (Å²) in [4.78, 5) is 5.88. The smallest absolute Gasteiger partial charge is 0.0797 e. The second kappa shape index (κ2) is 3.79. The van der Waals surface area contributed by atoms with Crippen molar-refractivity contribution in [2.45, 2.75) is 45.4 Å². The first-order valence-electron chi connectivity index (χ1n) is 5.17. The summed E-state index contributed by atoms with van der Waals surface area (Å²) in [5.74, 6) is 1.77. The molecule has 1 nitrogen and oxygen atoms in total. The van der Waals surface area contributed by atoms with Crippen LogP contribution in [0.3, 0.4) is 0 Å². The van der Waals surface area contributed by atoms with Gasteiger partial charge >= 0.3 is 0 Å². The third-order valence-electron chi connectivity index (χ3n) is 3.17. The Morgan fingerprint density at radius 3 is 2.54 bits per heavy atom. The number of aryl methyl sites for hydroxylation is 1. The van der Waals surface area contributed by atoms with E-state index in [9.17, 15) is 0 Å².